The third-order valence-corrected chi connectivity index (χ3v) is 7.57. The first-order valence-electron chi connectivity index (χ1n) is 10.1. The van der Waals surface area contributed by atoms with Gasteiger partial charge in [0.25, 0.3) is 5.91 Å². The molecule has 0 aromatic carbocycles. The summed E-state index contributed by atoms with van der Waals surface area (Å²) < 4.78 is 0. The van der Waals surface area contributed by atoms with Crippen LogP contribution in [0.1, 0.15) is 48.8 Å². The fourth-order valence-corrected chi connectivity index (χ4v) is 6.59. The van der Waals surface area contributed by atoms with Gasteiger partial charge in [0.2, 0.25) is 0 Å². The van der Waals surface area contributed by atoms with Crippen LogP contribution in [0, 0.1) is 17.3 Å². The van der Waals surface area contributed by atoms with Gasteiger partial charge in [0.15, 0.2) is 5.13 Å². The highest BCUT2D eigenvalue weighted by atomic mass is 32.1. The van der Waals surface area contributed by atoms with E-state index in [1.54, 1.807) is 6.20 Å². The third-order valence-electron chi connectivity index (χ3n) is 6.77. The standard InChI is InChI=1S/C21H26N4O2S/c1-13-8-20(27)10-15-17(21(15,9-13)12-20)25-18(26)16-11-28-19(24-16)23-7-5-14-4-2-3-6-22-14/h2-4,6,11,13,15,17,27H,5,7-10,12H2,1H3,(H,23,24)(H,25,26)/t13?,15?,17-,20-,21?/m1/s1. The van der Waals surface area contributed by atoms with Gasteiger partial charge < -0.3 is 15.7 Å². The van der Waals surface area contributed by atoms with Crippen LogP contribution in [-0.4, -0.2) is 39.2 Å². The zero-order valence-corrected chi connectivity index (χ0v) is 16.8. The normalized spacial score (nSPS) is 35.3. The molecule has 28 heavy (non-hydrogen) atoms. The van der Waals surface area contributed by atoms with Gasteiger partial charge in [-0.3, -0.25) is 9.78 Å². The Bertz CT molecular complexity index is 888. The average Bonchev–Trinajstić information content (AvgIpc) is 3.01. The van der Waals surface area contributed by atoms with E-state index in [0.717, 1.165) is 49.5 Å². The third kappa shape index (κ3) is 3.10. The van der Waals surface area contributed by atoms with Crippen molar-refractivity contribution in [2.75, 3.05) is 11.9 Å². The Morgan fingerprint density at radius 1 is 1.36 bits per heavy atom. The minimum atomic E-state index is -0.491. The summed E-state index contributed by atoms with van der Waals surface area (Å²) in [7, 11) is 0. The van der Waals surface area contributed by atoms with Crippen molar-refractivity contribution in [3.8, 4) is 0 Å². The lowest BCUT2D eigenvalue weighted by Gasteiger charge is -2.37. The van der Waals surface area contributed by atoms with E-state index in [4.69, 9.17) is 0 Å². The maximum atomic E-state index is 12.7. The number of anilines is 1. The molecule has 3 aliphatic rings. The summed E-state index contributed by atoms with van der Waals surface area (Å²) in [4.78, 5) is 21.4. The number of aliphatic hydroxyl groups is 1. The summed E-state index contributed by atoms with van der Waals surface area (Å²) in [5.74, 6) is 0.866. The van der Waals surface area contributed by atoms with Crippen LogP contribution in [0.3, 0.4) is 0 Å². The Labute approximate surface area is 168 Å². The maximum Gasteiger partial charge on any atom is 0.271 e. The van der Waals surface area contributed by atoms with Crippen LogP contribution < -0.4 is 10.6 Å². The summed E-state index contributed by atoms with van der Waals surface area (Å²) in [5.41, 5.74) is 1.15. The van der Waals surface area contributed by atoms with Gasteiger partial charge in [-0.05, 0) is 55.1 Å². The molecule has 5 rings (SSSR count). The predicted octanol–water partition coefficient (Wildman–Crippen LogP) is 2.86. The molecule has 1 spiro atoms. The van der Waals surface area contributed by atoms with E-state index < -0.39 is 5.60 Å². The Morgan fingerprint density at radius 2 is 2.25 bits per heavy atom. The first kappa shape index (κ1) is 18.1. The van der Waals surface area contributed by atoms with E-state index in [2.05, 4.69) is 27.5 Å². The van der Waals surface area contributed by atoms with Gasteiger partial charge in [-0.1, -0.05) is 13.0 Å². The van der Waals surface area contributed by atoms with Gasteiger partial charge in [0, 0.05) is 36.3 Å². The molecule has 2 aromatic heterocycles. The predicted molar refractivity (Wildman–Crippen MR) is 108 cm³/mol. The lowest BCUT2D eigenvalue weighted by Crippen LogP contribution is -2.41. The van der Waals surface area contributed by atoms with E-state index in [9.17, 15) is 9.90 Å². The number of pyridine rings is 1. The number of carbonyl (C=O) groups is 1. The first-order valence-corrected chi connectivity index (χ1v) is 11.0. The highest BCUT2D eigenvalue weighted by Crippen LogP contribution is 2.72. The van der Waals surface area contributed by atoms with E-state index in [1.165, 1.54) is 11.3 Å². The Morgan fingerprint density at radius 3 is 3.07 bits per heavy atom. The second kappa shape index (κ2) is 6.52. The molecule has 3 fully saturated rings. The molecule has 148 valence electrons. The van der Waals surface area contributed by atoms with Crippen molar-refractivity contribution >= 4 is 22.4 Å². The molecule has 1 amide bonds. The molecule has 3 unspecified atom stereocenters. The maximum absolute atomic E-state index is 12.7. The number of rotatable bonds is 6. The zero-order chi connectivity index (χ0) is 19.4. The number of carbonyl (C=O) groups excluding carboxylic acids is 1. The van der Waals surface area contributed by atoms with Gasteiger partial charge in [-0.25, -0.2) is 4.98 Å². The largest absolute Gasteiger partial charge is 0.390 e. The van der Waals surface area contributed by atoms with Crippen LogP contribution in [-0.2, 0) is 6.42 Å². The lowest BCUT2D eigenvalue weighted by atomic mass is 9.74. The van der Waals surface area contributed by atoms with Gasteiger partial charge in [-0.2, -0.15) is 0 Å². The van der Waals surface area contributed by atoms with Crippen molar-refractivity contribution in [2.45, 2.75) is 50.7 Å². The quantitative estimate of drug-likeness (QED) is 0.696. The molecular formula is C21H26N4O2S. The van der Waals surface area contributed by atoms with E-state index in [-0.39, 0.29) is 17.4 Å². The molecular weight excluding hydrogens is 372 g/mol. The fraction of sp³-hybridized carbons (Fsp3) is 0.571. The second-order valence-electron chi connectivity index (χ2n) is 8.95. The molecule has 0 aliphatic heterocycles. The minimum Gasteiger partial charge on any atom is -0.390 e. The van der Waals surface area contributed by atoms with E-state index in [0.29, 0.717) is 17.5 Å². The number of hydrogen-bond donors (Lipinski definition) is 3. The zero-order valence-electron chi connectivity index (χ0n) is 16.0. The number of thiazole rings is 1. The topological polar surface area (TPSA) is 87.1 Å². The molecule has 3 aliphatic carbocycles. The van der Waals surface area contributed by atoms with Crippen molar-refractivity contribution < 1.29 is 9.90 Å². The van der Waals surface area contributed by atoms with Crippen molar-refractivity contribution in [3.63, 3.8) is 0 Å². The van der Waals surface area contributed by atoms with Crippen LogP contribution in [0.25, 0.3) is 0 Å². The van der Waals surface area contributed by atoms with Crippen molar-refractivity contribution in [1.29, 1.82) is 0 Å². The highest BCUT2D eigenvalue weighted by molar-refractivity contribution is 7.13. The number of amides is 1. The van der Waals surface area contributed by atoms with Crippen molar-refractivity contribution in [1.82, 2.24) is 15.3 Å². The van der Waals surface area contributed by atoms with Crippen LogP contribution in [0.2, 0.25) is 0 Å². The smallest absolute Gasteiger partial charge is 0.271 e. The van der Waals surface area contributed by atoms with Gasteiger partial charge in [0.1, 0.15) is 5.69 Å². The summed E-state index contributed by atoms with van der Waals surface area (Å²) in [6.07, 6.45) is 6.31. The SMILES string of the molecule is CC1CC23C[C@@](O)(C1)CC2[C@H]3NC(=O)c1csc(NCCc2ccccn2)n1. The van der Waals surface area contributed by atoms with Gasteiger partial charge >= 0.3 is 0 Å². The van der Waals surface area contributed by atoms with Crippen LogP contribution >= 0.6 is 11.3 Å². The van der Waals surface area contributed by atoms with Crippen molar-refractivity contribution in [2.24, 2.45) is 17.3 Å². The van der Waals surface area contributed by atoms with Gasteiger partial charge in [-0.15, -0.1) is 11.3 Å². The summed E-state index contributed by atoms with van der Waals surface area (Å²) in [6, 6.07) is 6.09. The molecule has 2 bridgehead atoms. The molecule has 2 heterocycles. The molecule has 3 saturated carbocycles. The van der Waals surface area contributed by atoms with Crippen LogP contribution in [0.5, 0.6) is 0 Å². The Hall–Kier alpha value is -1.99. The highest BCUT2D eigenvalue weighted by Gasteiger charge is 2.74. The second-order valence-corrected chi connectivity index (χ2v) is 9.80. The first-order chi connectivity index (χ1) is 13.5. The number of hydrogen-bond acceptors (Lipinski definition) is 6. The van der Waals surface area contributed by atoms with E-state index in [1.807, 2.05) is 23.6 Å². The molecule has 0 radical (unpaired) electrons. The lowest BCUT2D eigenvalue weighted by molar-refractivity contribution is -0.0216. The van der Waals surface area contributed by atoms with Crippen LogP contribution in [0.4, 0.5) is 5.13 Å². The van der Waals surface area contributed by atoms with Crippen molar-refractivity contribution in [3.05, 3.63) is 41.2 Å². The molecule has 7 heteroatoms. The number of nitrogens with zero attached hydrogens (tertiary/aromatic N) is 2. The Kier molecular flexibility index (Phi) is 4.21. The number of aromatic nitrogens is 2. The molecule has 2 aromatic rings. The van der Waals surface area contributed by atoms with Gasteiger partial charge in [0.05, 0.1) is 5.60 Å². The number of nitrogens with one attached hydrogen (secondary N) is 2. The molecule has 6 nitrogen and oxygen atoms in total. The molecule has 3 N–H and O–H groups in total. The minimum absolute atomic E-state index is 0.0930. The monoisotopic (exact) mass is 398 g/mol. The number of fused-ring (bicyclic) bond motifs is 1. The van der Waals surface area contributed by atoms with E-state index >= 15 is 0 Å². The Balaban J connectivity index is 1.16. The molecule has 5 atom stereocenters. The summed E-state index contributed by atoms with van der Waals surface area (Å²) >= 11 is 1.45. The fourth-order valence-electron chi connectivity index (χ4n) is 5.87. The average molecular weight is 399 g/mol. The van der Waals surface area contributed by atoms with Crippen LogP contribution in [0.15, 0.2) is 29.8 Å². The molecule has 0 saturated heterocycles. The summed E-state index contributed by atoms with van der Waals surface area (Å²) in [6.45, 7) is 2.95. The summed E-state index contributed by atoms with van der Waals surface area (Å²) in [5, 5.41) is 19.7.